The fraction of sp³-hybridized carbons (Fsp3) is 0.0833. The summed E-state index contributed by atoms with van der Waals surface area (Å²) in [6.07, 6.45) is 0. The molecular weight excluding hydrogens is 309 g/mol. The molecule has 0 radical (unpaired) electrons. The molecule has 1 aromatic carbocycles. The van der Waals surface area contributed by atoms with Crippen molar-refractivity contribution in [2.24, 2.45) is 0 Å². The van der Waals surface area contributed by atoms with Gasteiger partial charge in [-0.05, 0) is 30.7 Å². The second kappa shape index (κ2) is 4.97. The van der Waals surface area contributed by atoms with Gasteiger partial charge in [0, 0.05) is 16.2 Å². The number of halogens is 4. The molecule has 94 valence electrons. The van der Waals surface area contributed by atoms with Gasteiger partial charge in [0.25, 0.3) is 5.95 Å². The van der Waals surface area contributed by atoms with Crippen LogP contribution in [0.1, 0.15) is 5.56 Å². The largest absolute Gasteiger partial charge is 0.338 e. The minimum absolute atomic E-state index is 0.355. The molecule has 0 unspecified atom stereocenters. The molecule has 18 heavy (non-hydrogen) atoms. The molecule has 0 fully saturated rings. The van der Waals surface area contributed by atoms with E-state index in [1.54, 1.807) is 12.1 Å². The van der Waals surface area contributed by atoms with Crippen LogP contribution in [-0.2, 0) is 0 Å². The number of benzene rings is 1. The maximum atomic E-state index is 13.4. The van der Waals surface area contributed by atoms with Crippen LogP contribution in [0.25, 0.3) is 0 Å². The monoisotopic (exact) mass is 316 g/mol. The van der Waals surface area contributed by atoms with Gasteiger partial charge in [0.05, 0.1) is 0 Å². The van der Waals surface area contributed by atoms with Crippen LogP contribution in [0.15, 0.2) is 28.7 Å². The van der Waals surface area contributed by atoms with Gasteiger partial charge in [-0.15, -0.1) is 0 Å². The zero-order valence-corrected chi connectivity index (χ0v) is 10.9. The Bertz CT molecular complexity index is 582. The van der Waals surface area contributed by atoms with Crippen LogP contribution in [0.3, 0.4) is 0 Å². The van der Waals surface area contributed by atoms with E-state index in [2.05, 4.69) is 26.2 Å². The van der Waals surface area contributed by atoms with Crippen molar-refractivity contribution in [3.8, 4) is 0 Å². The Morgan fingerprint density at radius 1 is 1.06 bits per heavy atom. The smallest absolute Gasteiger partial charge is 0.251 e. The molecule has 0 spiro atoms. The number of nitrogens with one attached hydrogen (secondary N) is 1. The van der Waals surface area contributed by atoms with Crippen LogP contribution < -0.4 is 5.32 Å². The van der Waals surface area contributed by atoms with Gasteiger partial charge in [0.15, 0.2) is 17.5 Å². The standard InChI is InChI=1S/C12H8BrF3N2/c1-6-2-7(13)4-8(3-6)17-12-10(15)5-9(14)11(16)18-12/h2-5H,1H3,(H,17,18). The number of hydrogen-bond donors (Lipinski definition) is 1. The van der Waals surface area contributed by atoms with Gasteiger partial charge < -0.3 is 5.32 Å². The fourth-order valence-electron chi connectivity index (χ4n) is 1.48. The lowest BCUT2D eigenvalue weighted by atomic mass is 10.2. The normalized spacial score (nSPS) is 10.5. The van der Waals surface area contributed by atoms with Gasteiger partial charge >= 0.3 is 0 Å². The van der Waals surface area contributed by atoms with Crippen molar-refractivity contribution in [3.05, 3.63) is 51.9 Å². The van der Waals surface area contributed by atoms with Crippen LogP contribution in [0.5, 0.6) is 0 Å². The van der Waals surface area contributed by atoms with E-state index in [0.717, 1.165) is 10.0 Å². The second-order valence-electron chi connectivity index (χ2n) is 3.73. The van der Waals surface area contributed by atoms with Crippen molar-refractivity contribution in [1.29, 1.82) is 0 Å². The molecule has 0 bridgehead atoms. The number of rotatable bonds is 2. The molecular formula is C12H8BrF3N2. The zero-order valence-electron chi connectivity index (χ0n) is 9.27. The van der Waals surface area contributed by atoms with E-state index in [4.69, 9.17) is 0 Å². The number of pyridine rings is 1. The summed E-state index contributed by atoms with van der Waals surface area (Å²) in [6.45, 7) is 1.85. The molecule has 0 aliphatic carbocycles. The average Bonchev–Trinajstić information content (AvgIpc) is 2.24. The van der Waals surface area contributed by atoms with E-state index >= 15 is 0 Å². The van der Waals surface area contributed by atoms with Crippen molar-refractivity contribution < 1.29 is 13.2 Å². The Morgan fingerprint density at radius 2 is 1.78 bits per heavy atom. The third kappa shape index (κ3) is 2.81. The van der Waals surface area contributed by atoms with Gasteiger partial charge in [-0.25, -0.2) is 8.78 Å². The van der Waals surface area contributed by atoms with Crippen LogP contribution in [0.2, 0.25) is 0 Å². The highest BCUT2D eigenvalue weighted by molar-refractivity contribution is 9.10. The number of nitrogens with zero attached hydrogens (tertiary/aromatic N) is 1. The third-order valence-corrected chi connectivity index (χ3v) is 2.65. The molecule has 2 rings (SSSR count). The Kier molecular flexibility index (Phi) is 3.56. The molecule has 1 N–H and O–H groups in total. The van der Waals surface area contributed by atoms with Gasteiger partial charge in [0.2, 0.25) is 0 Å². The fourth-order valence-corrected chi connectivity index (χ4v) is 2.08. The predicted molar refractivity (Wildman–Crippen MR) is 66.3 cm³/mol. The van der Waals surface area contributed by atoms with Gasteiger partial charge in [-0.3, -0.25) is 0 Å². The lowest BCUT2D eigenvalue weighted by Crippen LogP contribution is -2.01. The maximum Gasteiger partial charge on any atom is 0.251 e. The highest BCUT2D eigenvalue weighted by Crippen LogP contribution is 2.23. The van der Waals surface area contributed by atoms with E-state index in [1.165, 1.54) is 0 Å². The van der Waals surface area contributed by atoms with Gasteiger partial charge in [-0.1, -0.05) is 15.9 Å². The molecule has 6 heteroatoms. The number of aromatic nitrogens is 1. The molecule has 0 amide bonds. The quantitative estimate of drug-likeness (QED) is 0.835. The first-order valence-electron chi connectivity index (χ1n) is 5.01. The second-order valence-corrected chi connectivity index (χ2v) is 4.65. The van der Waals surface area contributed by atoms with Crippen molar-refractivity contribution in [2.45, 2.75) is 6.92 Å². The van der Waals surface area contributed by atoms with E-state index in [1.807, 2.05) is 13.0 Å². The first-order valence-corrected chi connectivity index (χ1v) is 5.81. The van der Waals surface area contributed by atoms with Crippen molar-refractivity contribution in [2.75, 3.05) is 5.32 Å². The molecule has 2 nitrogen and oxygen atoms in total. The SMILES string of the molecule is Cc1cc(Br)cc(Nc2nc(F)c(F)cc2F)c1. The third-order valence-electron chi connectivity index (χ3n) is 2.19. The summed E-state index contributed by atoms with van der Waals surface area (Å²) in [7, 11) is 0. The van der Waals surface area contributed by atoms with E-state index in [9.17, 15) is 13.2 Å². The lowest BCUT2D eigenvalue weighted by molar-refractivity contribution is 0.467. The molecule has 0 saturated carbocycles. The minimum atomic E-state index is -1.34. The van der Waals surface area contributed by atoms with Crippen molar-refractivity contribution in [3.63, 3.8) is 0 Å². The minimum Gasteiger partial charge on any atom is -0.338 e. The van der Waals surface area contributed by atoms with E-state index < -0.39 is 17.6 Å². The molecule has 0 aliphatic rings. The number of aryl methyl sites for hydroxylation is 1. The van der Waals surface area contributed by atoms with Crippen LogP contribution in [0.4, 0.5) is 24.7 Å². The summed E-state index contributed by atoms with van der Waals surface area (Å²) in [5, 5.41) is 2.60. The van der Waals surface area contributed by atoms with Crippen molar-refractivity contribution >= 4 is 27.4 Å². The number of anilines is 2. The predicted octanol–water partition coefficient (Wildman–Crippen LogP) is 4.31. The summed E-state index contributed by atoms with van der Waals surface area (Å²) >= 11 is 3.28. The highest BCUT2D eigenvalue weighted by atomic mass is 79.9. The van der Waals surface area contributed by atoms with Crippen LogP contribution in [0, 0.1) is 24.5 Å². The summed E-state index contributed by atoms with van der Waals surface area (Å²) < 4.78 is 39.8. The summed E-state index contributed by atoms with van der Waals surface area (Å²) in [5.41, 5.74) is 1.45. The van der Waals surface area contributed by atoms with Crippen LogP contribution >= 0.6 is 15.9 Å². The Hall–Kier alpha value is -1.56. The summed E-state index contributed by atoms with van der Waals surface area (Å²) in [4.78, 5) is 3.18. The Balaban J connectivity index is 2.36. The molecule has 0 saturated heterocycles. The molecule has 2 aromatic rings. The molecule has 1 heterocycles. The van der Waals surface area contributed by atoms with Gasteiger partial charge in [-0.2, -0.15) is 9.37 Å². The Morgan fingerprint density at radius 3 is 2.44 bits per heavy atom. The molecule has 0 atom stereocenters. The first kappa shape index (κ1) is 12.9. The van der Waals surface area contributed by atoms with E-state index in [-0.39, 0.29) is 5.82 Å². The van der Waals surface area contributed by atoms with Crippen LogP contribution in [-0.4, -0.2) is 4.98 Å². The highest BCUT2D eigenvalue weighted by Gasteiger charge is 2.11. The molecule has 1 aromatic heterocycles. The average molecular weight is 317 g/mol. The van der Waals surface area contributed by atoms with E-state index in [0.29, 0.717) is 11.8 Å². The summed E-state index contributed by atoms with van der Waals surface area (Å²) in [5.74, 6) is -3.97. The molecule has 0 aliphatic heterocycles. The number of hydrogen-bond acceptors (Lipinski definition) is 2. The first-order chi connectivity index (χ1) is 8.45. The lowest BCUT2D eigenvalue weighted by Gasteiger charge is -2.08. The maximum absolute atomic E-state index is 13.4. The Labute approximate surface area is 110 Å². The summed E-state index contributed by atoms with van der Waals surface area (Å²) in [6, 6.07) is 5.72. The van der Waals surface area contributed by atoms with Crippen molar-refractivity contribution in [1.82, 2.24) is 4.98 Å². The topological polar surface area (TPSA) is 24.9 Å². The zero-order chi connectivity index (χ0) is 13.3. The van der Waals surface area contributed by atoms with Gasteiger partial charge in [0.1, 0.15) is 0 Å².